The van der Waals surface area contributed by atoms with Crippen molar-refractivity contribution in [3.63, 3.8) is 0 Å². The van der Waals surface area contributed by atoms with Crippen molar-refractivity contribution < 1.29 is 4.74 Å². The van der Waals surface area contributed by atoms with Crippen molar-refractivity contribution >= 4 is 23.1 Å². The van der Waals surface area contributed by atoms with Crippen LogP contribution in [-0.4, -0.2) is 36.8 Å². The molecule has 0 saturated heterocycles. The molecule has 7 heteroatoms. The number of likely N-dealkylation sites (N-methyl/N-ethyl adjacent to an activating group) is 1. The number of nitrogens with zero attached hydrogens (tertiary/aromatic N) is 3. The van der Waals surface area contributed by atoms with Gasteiger partial charge in [0.05, 0.1) is 29.4 Å². The molecule has 0 radical (unpaired) electrons. The second-order valence-electron chi connectivity index (χ2n) is 6.61. The first-order chi connectivity index (χ1) is 12.1. The summed E-state index contributed by atoms with van der Waals surface area (Å²) in [4.78, 5) is 4.81. The van der Waals surface area contributed by atoms with Gasteiger partial charge in [0.1, 0.15) is 17.3 Å². The lowest BCUT2D eigenvalue weighted by Gasteiger charge is -2.40. The van der Waals surface area contributed by atoms with Crippen molar-refractivity contribution in [2.24, 2.45) is 4.99 Å². The summed E-state index contributed by atoms with van der Waals surface area (Å²) in [5, 5.41) is 11.4. The average molecular weight is 360 g/mol. The zero-order chi connectivity index (χ0) is 17.6. The first kappa shape index (κ1) is 16.4. The molecule has 2 heterocycles. The van der Waals surface area contributed by atoms with Crippen molar-refractivity contribution in [2.45, 2.75) is 31.2 Å². The topological polar surface area (TPSA) is 63.5 Å². The minimum atomic E-state index is -0.0268. The second kappa shape index (κ2) is 6.04. The van der Waals surface area contributed by atoms with Gasteiger partial charge in [-0.2, -0.15) is 5.10 Å². The normalized spacial score (nSPS) is 17.2. The summed E-state index contributed by atoms with van der Waals surface area (Å²) in [6.07, 6.45) is 7.17. The molecule has 1 fully saturated rings. The van der Waals surface area contributed by atoms with Crippen LogP contribution in [-0.2, 0) is 12.0 Å². The predicted molar refractivity (Wildman–Crippen MR) is 99.6 cm³/mol. The average Bonchev–Trinajstić information content (AvgIpc) is 3.16. The minimum Gasteiger partial charge on any atom is -0.494 e. The van der Waals surface area contributed by atoms with Crippen molar-refractivity contribution in [2.75, 3.05) is 21.2 Å². The van der Waals surface area contributed by atoms with Crippen LogP contribution in [0.4, 0.5) is 5.69 Å². The van der Waals surface area contributed by atoms with Crippen molar-refractivity contribution in [1.29, 1.82) is 0 Å². The smallest absolute Gasteiger partial charge is 0.146 e. The molecule has 0 bridgehead atoms. The summed E-state index contributed by atoms with van der Waals surface area (Å²) in [6.45, 7) is 0.746. The summed E-state index contributed by atoms with van der Waals surface area (Å²) < 4.78 is 7.45. The molecule has 1 saturated carbocycles. The third-order valence-electron chi connectivity index (χ3n) is 5.28. The van der Waals surface area contributed by atoms with E-state index in [2.05, 4.69) is 21.8 Å². The summed E-state index contributed by atoms with van der Waals surface area (Å²) in [7, 11) is 5.50. The molecule has 1 spiro atoms. The zero-order valence-corrected chi connectivity index (χ0v) is 15.4. The number of hydrogen-bond acceptors (Lipinski definition) is 5. The summed E-state index contributed by atoms with van der Waals surface area (Å²) in [6, 6.07) is 2.09. The maximum absolute atomic E-state index is 6.80. The van der Waals surface area contributed by atoms with E-state index in [1.807, 2.05) is 26.5 Å². The summed E-state index contributed by atoms with van der Waals surface area (Å²) >= 11 is 6.80. The van der Waals surface area contributed by atoms with E-state index in [9.17, 15) is 0 Å². The van der Waals surface area contributed by atoms with Crippen LogP contribution in [0.5, 0.6) is 5.75 Å². The minimum absolute atomic E-state index is 0.0268. The fourth-order valence-corrected chi connectivity index (χ4v) is 4.23. The highest BCUT2D eigenvalue weighted by atomic mass is 35.5. The number of nitrogens with one attached hydrogen (secondary N) is 2. The molecule has 0 atom stereocenters. The molecule has 2 N–H and O–H groups in total. The fraction of sp³-hybridized carbons (Fsp3) is 0.444. The Balaban J connectivity index is 1.88. The lowest BCUT2D eigenvalue weighted by Crippen LogP contribution is -2.45. The van der Waals surface area contributed by atoms with Gasteiger partial charge in [0, 0.05) is 25.4 Å². The third kappa shape index (κ3) is 2.28. The van der Waals surface area contributed by atoms with Gasteiger partial charge in [-0.05, 0) is 31.5 Å². The second-order valence-corrected chi connectivity index (χ2v) is 6.99. The Morgan fingerprint density at radius 3 is 2.76 bits per heavy atom. The van der Waals surface area contributed by atoms with E-state index in [0.29, 0.717) is 5.02 Å². The molecule has 4 rings (SSSR count). The van der Waals surface area contributed by atoms with Crippen LogP contribution >= 0.6 is 11.6 Å². The maximum atomic E-state index is 6.80. The van der Waals surface area contributed by atoms with E-state index < -0.39 is 0 Å². The summed E-state index contributed by atoms with van der Waals surface area (Å²) in [5.74, 6) is 1.73. The molecular weight excluding hydrogens is 338 g/mol. The van der Waals surface area contributed by atoms with Gasteiger partial charge in [0.25, 0.3) is 0 Å². The largest absolute Gasteiger partial charge is 0.494 e. The number of aromatic nitrogens is 2. The molecule has 25 heavy (non-hydrogen) atoms. The number of ether oxygens (including phenoxy) is 1. The number of aliphatic imine (C=N–C) groups is 1. The van der Waals surface area contributed by atoms with Gasteiger partial charge in [-0.15, -0.1) is 0 Å². The van der Waals surface area contributed by atoms with Crippen molar-refractivity contribution in [1.82, 2.24) is 20.4 Å². The molecule has 132 valence electrons. The van der Waals surface area contributed by atoms with Gasteiger partial charge >= 0.3 is 0 Å². The number of rotatable bonds is 4. The number of methoxy groups -OCH3 is 1. The van der Waals surface area contributed by atoms with Gasteiger partial charge < -0.3 is 15.4 Å². The SMILES string of the molecule is CNCc1cnn(-c2c(OC)cc3c(c2Cl)N=C(NC)C32CCC2)c1. The van der Waals surface area contributed by atoms with Crippen LogP contribution in [0.2, 0.25) is 5.02 Å². The van der Waals surface area contributed by atoms with E-state index in [1.54, 1.807) is 11.8 Å². The van der Waals surface area contributed by atoms with Crippen LogP contribution in [0.3, 0.4) is 0 Å². The number of amidine groups is 1. The van der Waals surface area contributed by atoms with E-state index in [4.69, 9.17) is 21.3 Å². The van der Waals surface area contributed by atoms with E-state index in [1.165, 1.54) is 6.42 Å². The quantitative estimate of drug-likeness (QED) is 0.881. The molecule has 1 aliphatic carbocycles. The Morgan fingerprint density at radius 2 is 2.16 bits per heavy atom. The Hall–Kier alpha value is -2.05. The van der Waals surface area contributed by atoms with Gasteiger partial charge in [-0.25, -0.2) is 9.67 Å². The van der Waals surface area contributed by atoms with Gasteiger partial charge in [-0.1, -0.05) is 18.0 Å². The molecule has 1 aromatic carbocycles. The molecular formula is C18H22ClN5O. The molecule has 1 aromatic heterocycles. The predicted octanol–water partition coefficient (Wildman–Crippen LogP) is 2.94. The maximum Gasteiger partial charge on any atom is 0.146 e. The number of halogens is 1. The highest BCUT2D eigenvalue weighted by Crippen LogP contribution is 2.56. The van der Waals surface area contributed by atoms with Crippen LogP contribution in [0.25, 0.3) is 5.69 Å². The van der Waals surface area contributed by atoms with Crippen LogP contribution < -0.4 is 15.4 Å². The Labute approximate surface area is 152 Å². The highest BCUT2D eigenvalue weighted by Gasteiger charge is 2.49. The summed E-state index contributed by atoms with van der Waals surface area (Å²) in [5.41, 5.74) is 3.79. The third-order valence-corrected chi connectivity index (χ3v) is 5.64. The monoisotopic (exact) mass is 359 g/mol. The first-order valence-electron chi connectivity index (χ1n) is 8.51. The molecule has 0 amide bonds. The Morgan fingerprint density at radius 1 is 1.36 bits per heavy atom. The lowest BCUT2D eigenvalue weighted by atomic mass is 9.64. The number of hydrogen-bond donors (Lipinski definition) is 2. The fourth-order valence-electron chi connectivity index (χ4n) is 3.91. The van der Waals surface area contributed by atoms with E-state index >= 15 is 0 Å². The van der Waals surface area contributed by atoms with Gasteiger partial charge in [0.2, 0.25) is 0 Å². The van der Waals surface area contributed by atoms with Gasteiger partial charge in [-0.3, -0.25) is 0 Å². The first-order valence-corrected chi connectivity index (χ1v) is 8.89. The Bertz CT molecular complexity index is 853. The van der Waals surface area contributed by atoms with Crippen LogP contribution in [0.15, 0.2) is 23.5 Å². The van der Waals surface area contributed by atoms with Gasteiger partial charge in [0.15, 0.2) is 0 Å². The number of benzene rings is 1. The highest BCUT2D eigenvalue weighted by molar-refractivity contribution is 6.36. The molecule has 1 aliphatic heterocycles. The van der Waals surface area contributed by atoms with Crippen LogP contribution in [0.1, 0.15) is 30.4 Å². The molecule has 2 aromatic rings. The van der Waals surface area contributed by atoms with Crippen molar-refractivity contribution in [3.8, 4) is 11.4 Å². The van der Waals surface area contributed by atoms with E-state index in [0.717, 1.165) is 53.5 Å². The zero-order valence-electron chi connectivity index (χ0n) is 14.7. The van der Waals surface area contributed by atoms with E-state index in [-0.39, 0.29) is 5.41 Å². The van der Waals surface area contributed by atoms with Crippen molar-refractivity contribution in [3.05, 3.63) is 34.6 Å². The standard InChI is InChI=1S/C18H22ClN5O/c1-20-8-11-9-22-24(10-11)16-13(25-3)7-12-15(14(16)19)23-17(21-2)18(12)5-4-6-18/h7,9-10,20H,4-6,8H2,1-3H3,(H,21,23). The lowest BCUT2D eigenvalue weighted by molar-refractivity contribution is 0.338. The van der Waals surface area contributed by atoms with Crippen LogP contribution in [0, 0.1) is 0 Å². The molecule has 0 unspecified atom stereocenters. The number of fused-ring (bicyclic) bond motifs is 2. The molecule has 2 aliphatic rings. The molecule has 6 nitrogen and oxygen atoms in total. The Kier molecular flexibility index (Phi) is 3.96.